The number of anilines is 1. The first-order chi connectivity index (χ1) is 10.8. The van der Waals surface area contributed by atoms with Gasteiger partial charge >= 0.3 is 0 Å². The van der Waals surface area contributed by atoms with Crippen molar-refractivity contribution in [3.63, 3.8) is 0 Å². The molecule has 1 atom stereocenters. The van der Waals surface area contributed by atoms with Gasteiger partial charge in [0.1, 0.15) is 12.0 Å². The quantitative estimate of drug-likeness (QED) is 0.885. The van der Waals surface area contributed by atoms with E-state index in [-0.39, 0.29) is 6.17 Å². The number of hydrogen-bond donors (Lipinski definition) is 2. The topological polar surface area (TPSA) is 52.0 Å². The van der Waals surface area contributed by atoms with Gasteiger partial charge in [-0.3, -0.25) is 10.4 Å². The summed E-state index contributed by atoms with van der Waals surface area (Å²) in [6.45, 7) is 0. The van der Waals surface area contributed by atoms with Gasteiger partial charge < -0.3 is 10.2 Å². The number of aromatic nitrogens is 1. The summed E-state index contributed by atoms with van der Waals surface area (Å²) in [6, 6.07) is 12.7. The second kappa shape index (κ2) is 5.44. The van der Waals surface area contributed by atoms with Crippen molar-refractivity contribution in [2.75, 3.05) is 5.32 Å². The molecule has 1 unspecified atom stereocenters. The second-order valence-electron chi connectivity index (χ2n) is 6.07. The summed E-state index contributed by atoms with van der Waals surface area (Å²) >= 11 is 0. The maximum atomic E-state index is 8.74. The van der Waals surface area contributed by atoms with Crippen LogP contribution in [0.25, 0.3) is 0 Å². The van der Waals surface area contributed by atoms with E-state index in [2.05, 4.69) is 21.3 Å². The Morgan fingerprint density at radius 2 is 1.77 bits per heavy atom. The van der Waals surface area contributed by atoms with Crippen molar-refractivity contribution in [1.82, 2.24) is 9.88 Å². The Morgan fingerprint density at radius 1 is 1.05 bits per heavy atom. The molecule has 112 valence electrons. The fourth-order valence-corrected chi connectivity index (χ4v) is 3.67. The number of nitrogens with one attached hydrogen (secondary N) is 2. The maximum Gasteiger partial charge on any atom is 0.132 e. The van der Waals surface area contributed by atoms with Crippen LogP contribution in [-0.4, -0.2) is 21.8 Å². The summed E-state index contributed by atoms with van der Waals surface area (Å²) in [5.41, 5.74) is 3.21. The van der Waals surface area contributed by atoms with E-state index in [1.165, 1.54) is 31.2 Å². The molecule has 1 aliphatic carbocycles. The van der Waals surface area contributed by atoms with Crippen molar-refractivity contribution in [1.29, 1.82) is 5.41 Å². The van der Waals surface area contributed by atoms with Crippen LogP contribution in [-0.2, 0) is 0 Å². The van der Waals surface area contributed by atoms with E-state index in [1.54, 1.807) is 0 Å². The van der Waals surface area contributed by atoms with Crippen LogP contribution < -0.4 is 5.32 Å². The Bertz CT molecular complexity index is 676. The predicted octanol–water partition coefficient (Wildman–Crippen LogP) is 3.78. The molecule has 2 heterocycles. The lowest BCUT2D eigenvalue weighted by Gasteiger charge is -2.43. The van der Waals surface area contributed by atoms with Gasteiger partial charge in [0, 0.05) is 29.7 Å². The zero-order valence-electron chi connectivity index (χ0n) is 12.5. The number of nitrogens with zero attached hydrogens (tertiary/aromatic N) is 2. The standard InChI is InChI=1S/C18H20N4/c19-17-15-7-3-4-8-16(15)21-18(13-9-11-20-12-10-13)22(17)14-5-1-2-6-14/h3-4,7-12,14,18-19,21H,1-2,5-6H2. The van der Waals surface area contributed by atoms with E-state index in [4.69, 9.17) is 5.41 Å². The molecule has 0 radical (unpaired) electrons. The third-order valence-corrected chi connectivity index (χ3v) is 4.75. The summed E-state index contributed by atoms with van der Waals surface area (Å²) in [4.78, 5) is 6.39. The van der Waals surface area contributed by atoms with Gasteiger partial charge in [-0.1, -0.05) is 25.0 Å². The third-order valence-electron chi connectivity index (χ3n) is 4.75. The maximum absolute atomic E-state index is 8.74. The molecule has 1 aromatic heterocycles. The highest BCUT2D eigenvalue weighted by molar-refractivity contribution is 6.03. The van der Waals surface area contributed by atoms with Gasteiger partial charge in [0.25, 0.3) is 0 Å². The third kappa shape index (κ3) is 2.15. The Labute approximate surface area is 130 Å². The number of benzene rings is 1. The van der Waals surface area contributed by atoms with Gasteiger partial charge in [0.15, 0.2) is 0 Å². The van der Waals surface area contributed by atoms with E-state index in [9.17, 15) is 0 Å². The van der Waals surface area contributed by atoms with Crippen molar-refractivity contribution in [3.05, 3.63) is 59.9 Å². The van der Waals surface area contributed by atoms with Crippen LogP contribution in [0.1, 0.15) is 43.0 Å². The first-order valence-corrected chi connectivity index (χ1v) is 7.97. The molecule has 0 saturated heterocycles. The predicted molar refractivity (Wildman–Crippen MR) is 88.0 cm³/mol. The van der Waals surface area contributed by atoms with E-state index in [1.807, 2.05) is 42.7 Å². The van der Waals surface area contributed by atoms with Gasteiger partial charge in [-0.2, -0.15) is 0 Å². The lowest BCUT2D eigenvalue weighted by Crippen LogP contribution is -2.47. The summed E-state index contributed by atoms with van der Waals surface area (Å²) in [5.74, 6) is 0.642. The first kappa shape index (κ1) is 13.3. The number of amidine groups is 1. The van der Waals surface area contributed by atoms with Crippen LogP contribution in [0.3, 0.4) is 0 Å². The minimum Gasteiger partial charge on any atom is -0.361 e. The fourth-order valence-electron chi connectivity index (χ4n) is 3.67. The molecule has 1 aromatic carbocycles. The molecule has 4 rings (SSSR count). The number of pyridine rings is 1. The lowest BCUT2D eigenvalue weighted by atomic mass is 10.0. The number of fused-ring (bicyclic) bond motifs is 1. The van der Waals surface area contributed by atoms with Crippen molar-refractivity contribution >= 4 is 11.5 Å². The smallest absolute Gasteiger partial charge is 0.132 e. The Morgan fingerprint density at radius 3 is 2.55 bits per heavy atom. The average molecular weight is 292 g/mol. The summed E-state index contributed by atoms with van der Waals surface area (Å²) < 4.78 is 0. The SMILES string of the molecule is N=C1c2ccccc2NC(c2ccncc2)N1C1CCCC1. The molecule has 0 spiro atoms. The lowest BCUT2D eigenvalue weighted by molar-refractivity contribution is 0.254. The van der Waals surface area contributed by atoms with E-state index >= 15 is 0 Å². The molecule has 2 aliphatic rings. The van der Waals surface area contributed by atoms with Crippen LogP contribution in [0.4, 0.5) is 5.69 Å². The van der Waals surface area contributed by atoms with Gasteiger partial charge in [-0.15, -0.1) is 0 Å². The van der Waals surface area contributed by atoms with E-state index in [0.29, 0.717) is 11.9 Å². The van der Waals surface area contributed by atoms with Crippen LogP contribution in [0.15, 0.2) is 48.8 Å². The Balaban J connectivity index is 1.79. The van der Waals surface area contributed by atoms with Crippen LogP contribution >= 0.6 is 0 Å². The van der Waals surface area contributed by atoms with E-state index in [0.717, 1.165) is 11.3 Å². The molecule has 1 aliphatic heterocycles. The largest absolute Gasteiger partial charge is 0.361 e. The molecular formula is C18H20N4. The minimum absolute atomic E-state index is 0.0218. The highest BCUT2D eigenvalue weighted by atomic mass is 15.3. The number of para-hydroxylation sites is 1. The molecule has 1 saturated carbocycles. The Hall–Kier alpha value is -2.36. The van der Waals surface area contributed by atoms with Crippen molar-refractivity contribution < 1.29 is 0 Å². The molecule has 22 heavy (non-hydrogen) atoms. The van der Waals surface area contributed by atoms with Crippen molar-refractivity contribution in [2.45, 2.75) is 37.9 Å². The summed E-state index contributed by atoms with van der Waals surface area (Å²) in [6.07, 6.45) is 8.55. The normalized spacial score (nSPS) is 21.5. The van der Waals surface area contributed by atoms with Gasteiger partial charge in [0.2, 0.25) is 0 Å². The van der Waals surface area contributed by atoms with Gasteiger partial charge in [0.05, 0.1) is 0 Å². The molecule has 4 nitrogen and oxygen atoms in total. The fraction of sp³-hybridized carbons (Fsp3) is 0.333. The number of rotatable bonds is 2. The van der Waals surface area contributed by atoms with Crippen molar-refractivity contribution in [2.24, 2.45) is 0 Å². The summed E-state index contributed by atoms with van der Waals surface area (Å²) in [7, 11) is 0. The zero-order valence-corrected chi connectivity index (χ0v) is 12.5. The molecule has 2 N–H and O–H groups in total. The molecule has 0 amide bonds. The molecule has 2 aromatic rings. The molecule has 1 fully saturated rings. The van der Waals surface area contributed by atoms with E-state index < -0.39 is 0 Å². The average Bonchev–Trinajstić information content (AvgIpc) is 3.10. The summed E-state index contributed by atoms with van der Waals surface area (Å²) in [5, 5.41) is 12.4. The highest BCUT2D eigenvalue weighted by Crippen LogP contribution is 2.38. The number of hydrogen-bond acceptors (Lipinski definition) is 3. The molecule has 0 bridgehead atoms. The molecule has 4 heteroatoms. The van der Waals surface area contributed by atoms with Crippen LogP contribution in [0.5, 0.6) is 0 Å². The van der Waals surface area contributed by atoms with Crippen molar-refractivity contribution in [3.8, 4) is 0 Å². The van der Waals surface area contributed by atoms with Crippen LogP contribution in [0, 0.1) is 5.41 Å². The zero-order chi connectivity index (χ0) is 14.9. The first-order valence-electron chi connectivity index (χ1n) is 7.97. The van der Waals surface area contributed by atoms with Crippen LogP contribution in [0.2, 0.25) is 0 Å². The minimum atomic E-state index is 0.0218. The van der Waals surface area contributed by atoms with Gasteiger partial charge in [-0.25, -0.2) is 0 Å². The Kier molecular flexibility index (Phi) is 3.29. The highest BCUT2D eigenvalue weighted by Gasteiger charge is 2.36. The van der Waals surface area contributed by atoms with Gasteiger partial charge in [-0.05, 0) is 42.7 Å². The molecular weight excluding hydrogens is 272 g/mol. The monoisotopic (exact) mass is 292 g/mol. The second-order valence-corrected chi connectivity index (χ2v) is 6.07.